The number of nitriles is 1. The van der Waals surface area contributed by atoms with Crippen LogP contribution >= 0.6 is 0 Å². The van der Waals surface area contributed by atoms with E-state index in [-0.39, 0.29) is 17.0 Å². The second-order valence-electron chi connectivity index (χ2n) is 9.20. The van der Waals surface area contributed by atoms with Crippen LogP contribution in [0.3, 0.4) is 0 Å². The number of ketones is 1. The summed E-state index contributed by atoms with van der Waals surface area (Å²) in [6.07, 6.45) is 7.86. The Labute approximate surface area is 191 Å². The van der Waals surface area contributed by atoms with E-state index < -0.39 is 0 Å². The predicted octanol–water partition coefficient (Wildman–Crippen LogP) is 3.89. The highest BCUT2D eigenvalue weighted by atomic mass is 16.1. The van der Waals surface area contributed by atoms with E-state index in [9.17, 15) is 10.1 Å². The van der Waals surface area contributed by atoms with Gasteiger partial charge in [0.2, 0.25) is 5.82 Å². The van der Waals surface area contributed by atoms with Crippen LogP contribution in [-0.4, -0.2) is 53.4 Å². The summed E-state index contributed by atoms with van der Waals surface area (Å²) in [7, 11) is 0. The van der Waals surface area contributed by atoms with Gasteiger partial charge in [-0.2, -0.15) is 5.26 Å². The summed E-state index contributed by atoms with van der Waals surface area (Å²) < 4.78 is 0. The van der Waals surface area contributed by atoms with Gasteiger partial charge in [-0.3, -0.25) is 4.79 Å². The molecule has 2 aliphatic rings. The first-order valence-corrected chi connectivity index (χ1v) is 11.9. The maximum absolute atomic E-state index is 13.1. The Balaban J connectivity index is 1.42. The van der Waals surface area contributed by atoms with Gasteiger partial charge in [0.05, 0.1) is 5.69 Å². The van der Waals surface area contributed by atoms with Crippen molar-refractivity contribution in [3.05, 3.63) is 53.6 Å². The summed E-state index contributed by atoms with van der Waals surface area (Å²) in [6, 6.07) is 12.5. The number of nitrogens with zero attached hydrogens (tertiary/aromatic N) is 5. The van der Waals surface area contributed by atoms with Crippen LogP contribution < -0.4 is 4.90 Å². The van der Waals surface area contributed by atoms with Crippen molar-refractivity contribution in [3.63, 3.8) is 0 Å². The number of carbonyl (C=O) groups is 1. The molecule has 0 N–H and O–H groups in total. The molecule has 1 aliphatic heterocycles. The third kappa shape index (κ3) is 5.16. The van der Waals surface area contributed by atoms with Crippen molar-refractivity contribution < 1.29 is 4.79 Å². The second-order valence-corrected chi connectivity index (χ2v) is 9.20. The van der Waals surface area contributed by atoms with Crippen LogP contribution in [-0.2, 0) is 16.6 Å². The third-order valence-corrected chi connectivity index (χ3v) is 7.17. The van der Waals surface area contributed by atoms with Gasteiger partial charge in [0.1, 0.15) is 11.9 Å². The molecular formula is C26H33N5O. The Bertz CT molecular complexity index is 951. The number of anilines is 1. The first-order valence-electron chi connectivity index (χ1n) is 11.9. The fourth-order valence-electron chi connectivity index (χ4n) is 5.27. The molecule has 1 aromatic carbocycles. The number of rotatable bonds is 7. The van der Waals surface area contributed by atoms with Gasteiger partial charge >= 0.3 is 0 Å². The average Bonchev–Trinajstić information content (AvgIpc) is 2.85. The van der Waals surface area contributed by atoms with Crippen molar-refractivity contribution in [3.8, 4) is 6.07 Å². The van der Waals surface area contributed by atoms with E-state index in [2.05, 4.69) is 51.0 Å². The van der Waals surface area contributed by atoms with E-state index in [0.29, 0.717) is 12.8 Å². The second kappa shape index (κ2) is 10.2. The number of likely N-dealkylation sites (N-methyl/N-ethyl adjacent to an activating group) is 1. The first-order chi connectivity index (χ1) is 15.6. The highest BCUT2D eigenvalue weighted by Gasteiger charge is 2.37. The molecular weight excluding hydrogens is 398 g/mol. The Morgan fingerprint density at radius 3 is 2.44 bits per heavy atom. The molecule has 0 spiro atoms. The minimum atomic E-state index is -0.261. The molecule has 168 valence electrons. The summed E-state index contributed by atoms with van der Waals surface area (Å²) in [5, 5.41) is 9.22. The van der Waals surface area contributed by atoms with E-state index in [1.807, 2.05) is 12.1 Å². The van der Waals surface area contributed by atoms with E-state index in [1.54, 1.807) is 6.20 Å². The molecule has 2 fully saturated rings. The Morgan fingerprint density at radius 1 is 1.06 bits per heavy atom. The molecule has 32 heavy (non-hydrogen) atoms. The summed E-state index contributed by atoms with van der Waals surface area (Å²) in [4.78, 5) is 26.6. The Hall–Kier alpha value is -2.78. The lowest BCUT2D eigenvalue weighted by Gasteiger charge is -2.36. The predicted molar refractivity (Wildman–Crippen MR) is 126 cm³/mol. The molecule has 1 aliphatic carbocycles. The molecule has 6 nitrogen and oxygen atoms in total. The molecule has 0 unspecified atom stereocenters. The van der Waals surface area contributed by atoms with Crippen LogP contribution in [0.4, 0.5) is 5.69 Å². The molecule has 4 rings (SSSR count). The van der Waals surface area contributed by atoms with Crippen molar-refractivity contribution >= 4 is 11.5 Å². The van der Waals surface area contributed by atoms with Crippen molar-refractivity contribution in [2.45, 2.75) is 57.3 Å². The molecule has 0 radical (unpaired) electrons. The van der Waals surface area contributed by atoms with Gasteiger partial charge < -0.3 is 9.80 Å². The lowest BCUT2D eigenvalue weighted by molar-refractivity contribution is -0.120. The standard InChI is InChI=1S/C26H33N5O/c1-2-30-14-16-31(17-15-30)22-8-6-21(7-9-22)18-23(32)19-26(11-4-3-5-12-26)24-10-13-28-25(20-27)29-24/h6-10,13H,2-5,11-12,14-19H2,1H3. The highest BCUT2D eigenvalue weighted by molar-refractivity contribution is 5.82. The molecule has 1 saturated heterocycles. The van der Waals surface area contributed by atoms with Gasteiger partial charge in [-0.05, 0) is 43.1 Å². The van der Waals surface area contributed by atoms with Crippen LogP contribution in [0.2, 0.25) is 0 Å². The molecule has 2 aromatic rings. The van der Waals surface area contributed by atoms with Crippen molar-refractivity contribution in [2.75, 3.05) is 37.6 Å². The van der Waals surface area contributed by atoms with Crippen molar-refractivity contribution in [1.29, 1.82) is 5.26 Å². The normalized spacial score (nSPS) is 18.8. The zero-order chi connectivity index (χ0) is 22.4. The molecule has 6 heteroatoms. The lowest BCUT2D eigenvalue weighted by Crippen LogP contribution is -2.46. The molecule has 2 heterocycles. The number of benzene rings is 1. The molecule has 0 bridgehead atoms. The smallest absolute Gasteiger partial charge is 0.232 e. The molecule has 0 amide bonds. The number of aromatic nitrogens is 2. The van der Waals surface area contributed by atoms with Crippen LogP contribution in [0, 0.1) is 11.3 Å². The highest BCUT2D eigenvalue weighted by Crippen LogP contribution is 2.41. The van der Waals surface area contributed by atoms with E-state index in [4.69, 9.17) is 0 Å². The fraction of sp³-hybridized carbons (Fsp3) is 0.538. The van der Waals surface area contributed by atoms with Gasteiger partial charge in [-0.25, -0.2) is 9.97 Å². The molecule has 1 saturated carbocycles. The van der Waals surface area contributed by atoms with E-state index >= 15 is 0 Å². The van der Waals surface area contributed by atoms with Crippen molar-refractivity contribution in [2.24, 2.45) is 0 Å². The van der Waals surface area contributed by atoms with Gasteiger partial charge in [0.15, 0.2) is 0 Å². The summed E-state index contributed by atoms with van der Waals surface area (Å²) in [5.74, 6) is 0.434. The molecule has 0 atom stereocenters. The van der Waals surface area contributed by atoms with Gasteiger partial charge in [-0.1, -0.05) is 38.3 Å². The maximum atomic E-state index is 13.1. The summed E-state index contributed by atoms with van der Waals surface area (Å²) in [5.41, 5.74) is 2.91. The fourth-order valence-corrected chi connectivity index (χ4v) is 5.27. The zero-order valence-electron chi connectivity index (χ0n) is 19.1. The van der Waals surface area contributed by atoms with Crippen LogP contribution in [0.15, 0.2) is 36.5 Å². The number of piperazine rings is 1. The Kier molecular flexibility index (Phi) is 7.16. The number of hydrogen-bond acceptors (Lipinski definition) is 6. The van der Waals surface area contributed by atoms with Gasteiger partial charge in [0.25, 0.3) is 0 Å². The summed E-state index contributed by atoms with van der Waals surface area (Å²) >= 11 is 0. The quantitative estimate of drug-likeness (QED) is 0.662. The monoisotopic (exact) mass is 431 g/mol. The van der Waals surface area contributed by atoms with E-state index in [0.717, 1.165) is 69.7 Å². The van der Waals surface area contributed by atoms with Crippen LogP contribution in [0.1, 0.15) is 62.5 Å². The van der Waals surface area contributed by atoms with Crippen molar-refractivity contribution in [1.82, 2.24) is 14.9 Å². The van der Waals surface area contributed by atoms with Crippen LogP contribution in [0.5, 0.6) is 0 Å². The minimum absolute atomic E-state index is 0.190. The summed E-state index contributed by atoms with van der Waals surface area (Å²) in [6.45, 7) is 7.65. The zero-order valence-corrected chi connectivity index (χ0v) is 19.1. The number of hydrogen-bond donors (Lipinski definition) is 0. The SMILES string of the molecule is CCN1CCN(c2ccc(CC(=O)CC3(c4ccnc(C#N)n4)CCCCC3)cc2)CC1. The average molecular weight is 432 g/mol. The van der Waals surface area contributed by atoms with Crippen LogP contribution in [0.25, 0.3) is 0 Å². The Morgan fingerprint density at radius 2 is 1.78 bits per heavy atom. The third-order valence-electron chi connectivity index (χ3n) is 7.17. The maximum Gasteiger partial charge on any atom is 0.232 e. The first kappa shape index (κ1) is 22.4. The largest absolute Gasteiger partial charge is 0.369 e. The molecule has 1 aromatic heterocycles. The lowest BCUT2D eigenvalue weighted by atomic mass is 9.68. The number of Topliss-reactive ketones (excluding diaryl/α,β-unsaturated/α-hetero) is 1. The van der Waals surface area contributed by atoms with Gasteiger partial charge in [0, 0.05) is 56.3 Å². The van der Waals surface area contributed by atoms with Gasteiger partial charge in [-0.15, -0.1) is 0 Å². The topological polar surface area (TPSA) is 73.1 Å². The minimum Gasteiger partial charge on any atom is -0.369 e. The number of carbonyl (C=O) groups excluding carboxylic acids is 1. The van der Waals surface area contributed by atoms with E-state index in [1.165, 1.54) is 12.1 Å².